The molecule has 0 unspecified atom stereocenters. The van der Waals surface area contributed by atoms with Gasteiger partial charge in [-0.2, -0.15) is 4.98 Å². The van der Waals surface area contributed by atoms with E-state index in [2.05, 4.69) is 15.3 Å². The monoisotopic (exact) mass is 265 g/mol. The zero-order valence-electron chi connectivity index (χ0n) is 9.60. The van der Waals surface area contributed by atoms with Gasteiger partial charge in [0.25, 0.3) is 0 Å². The van der Waals surface area contributed by atoms with Crippen LogP contribution in [0, 0.1) is 0 Å². The van der Waals surface area contributed by atoms with E-state index in [-0.39, 0.29) is 6.08 Å². The van der Waals surface area contributed by atoms with E-state index in [0.29, 0.717) is 23.4 Å². The highest BCUT2D eigenvalue weighted by atomic mass is 35.5. The molecule has 1 fully saturated rings. The summed E-state index contributed by atoms with van der Waals surface area (Å²) in [7, 11) is 0. The first kappa shape index (κ1) is 11.5. The molecule has 1 saturated carbocycles. The van der Waals surface area contributed by atoms with E-state index in [9.17, 15) is 0 Å². The van der Waals surface area contributed by atoms with Crippen LogP contribution < -0.4 is 10.1 Å². The lowest BCUT2D eigenvalue weighted by Gasteiger charge is -1.99. The maximum Gasteiger partial charge on any atom is 0.399 e. The summed E-state index contributed by atoms with van der Waals surface area (Å²) in [5.41, 5.74) is 0.826. The zero-order valence-corrected chi connectivity index (χ0v) is 10.4. The van der Waals surface area contributed by atoms with Crippen molar-refractivity contribution in [3.05, 3.63) is 35.4 Å². The Balaban J connectivity index is 1.61. The summed E-state index contributed by atoms with van der Waals surface area (Å²) in [4.78, 5) is 8.13. The summed E-state index contributed by atoms with van der Waals surface area (Å²) in [5.74, 6) is 0.506. The van der Waals surface area contributed by atoms with Gasteiger partial charge < -0.3 is 14.5 Å². The quantitative estimate of drug-likeness (QED) is 0.901. The molecule has 6 heteroatoms. The molecule has 5 nitrogen and oxygen atoms in total. The van der Waals surface area contributed by atoms with Crippen LogP contribution in [0.2, 0.25) is 5.02 Å². The molecule has 2 aromatic rings. The summed E-state index contributed by atoms with van der Waals surface area (Å²) in [6.07, 6.45) is 7.37. The summed E-state index contributed by atoms with van der Waals surface area (Å²) < 4.78 is 10.6. The molecule has 0 spiro atoms. The topological polar surface area (TPSA) is 60.2 Å². The number of halogens is 1. The molecule has 0 atom stereocenters. The molecule has 1 N–H and O–H groups in total. The van der Waals surface area contributed by atoms with Crippen LogP contribution in [0.5, 0.6) is 11.8 Å². The molecule has 0 saturated heterocycles. The standard InChI is InChI=1S/C12H12ClN3O2/c13-8-3-11(6-14-4-8)18-12-16-10(7-17-12)5-15-9-1-2-9/h3-4,6-7,9,15H,1-2,5H2. The second kappa shape index (κ2) is 4.96. The van der Waals surface area contributed by atoms with Crippen LogP contribution in [-0.2, 0) is 6.54 Å². The van der Waals surface area contributed by atoms with Crippen LogP contribution in [0.1, 0.15) is 18.5 Å². The molecule has 0 amide bonds. The van der Waals surface area contributed by atoms with E-state index >= 15 is 0 Å². The largest absolute Gasteiger partial charge is 0.417 e. The Kier molecular flexibility index (Phi) is 3.17. The first-order chi connectivity index (χ1) is 8.79. The second-order valence-corrected chi connectivity index (χ2v) is 4.64. The van der Waals surface area contributed by atoms with Gasteiger partial charge in [-0.05, 0) is 12.8 Å². The number of hydrogen-bond donors (Lipinski definition) is 1. The van der Waals surface area contributed by atoms with E-state index in [4.69, 9.17) is 20.8 Å². The highest BCUT2D eigenvalue weighted by Gasteiger charge is 2.20. The number of pyridine rings is 1. The van der Waals surface area contributed by atoms with Gasteiger partial charge in [-0.3, -0.25) is 4.98 Å². The van der Waals surface area contributed by atoms with Gasteiger partial charge in [0.1, 0.15) is 6.26 Å². The van der Waals surface area contributed by atoms with E-state index < -0.39 is 0 Å². The fourth-order valence-corrected chi connectivity index (χ4v) is 1.67. The van der Waals surface area contributed by atoms with E-state index in [1.165, 1.54) is 19.0 Å². The molecular weight excluding hydrogens is 254 g/mol. The predicted octanol–water partition coefficient (Wildman–Crippen LogP) is 2.77. The van der Waals surface area contributed by atoms with Crippen LogP contribution in [0.15, 0.2) is 29.1 Å². The van der Waals surface area contributed by atoms with Crippen molar-refractivity contribution in [3.8, 4) is 11.8 Å². The van der Waals surface area contributed by atoms with Crippen LogP contribution in [0.25, 0.3) is 0 Å². The summed E-state index contributed by atoms with van der Waals surface area (Å²) >= 11 is 5.80. The smallest absolute Gasteiger partial charge is 0.399 e. The Morgan fingerprint density at radius 1 is 1.44 bits per heavy atom. The SMILES string of the molecule is Clc1cncc(Oc2nc(CNC3CC3)co2)c1. The van der Waals surface area contributed by atoms with Crippen molar-refractivity contribution in [2.24, 2.45) is 0 Å². The highest BCUT2D eigenvalue weighted by molar-refractivity contribution is 6.30. The molecule has 2 aromatic heterocycles. The van der Waals surface area contributed by atoms with Crippen molar-refractivity contribution in [2.45, 2.75) is 25.4 Å². The van der Waals surface area contributed by atoms with Crippen LogP contribution >= 0.6 is 11.6 Å². The van der Waals surface area contributed by atoms with Crippen LogP contribution in [-0.4, -0.2) is 16.0 Å². The molecule has 1 aliphatic rings. The van der Waals surface area contributed by atoms with Crippen molar-refractivity contribution < 1.29 is 9.15 Å². The lowest BCUT2D eigenvalue weighted by atomic mass is 10.4. The van der Waals surface area contributed by atoms with E-state index in [1.54, 1.807) is 18.5 Å². The minimum absolute atomic E-state index is 0.201. The van der Waals surface area contributed by atoms with Gasteiger partial charge in [0.2, 0.25) is 0 Å². The van der Waals surface area contributed by atoms with Gasteiger partial charge >= 0.3 is 6.08 Å². The zero-order chi connectivity index (χ0) is 12.4. The average Bonchev–Trinajstić information content (AvgIpc) is 3.08. The maximum atomic E-state index is 5.80. The van der Waals surface area contributed by atoms with Gasteiger partial charge in [-0.15, -0.1) is 0 Å². The second-order valence-electron chi connectivity index (χ2n) is 4.20. The summed E-state index contributed by atoms with van der Waals surface area (Å²) in [5, 5.41) is 3.86. The average molecular weight is 266 g/mol. The Hall–Kier alpha value is -1.59. The Morgan fingerprint density at radius 3 is 3.11 bits per heavy atom. The predicted molar refractivity (Wildman–Crippen MR) is 65.7 cm³/mol. The normalized spacial score (nSPS) is 14.7. The Morgan fingerprint density at radius 2 is 2.33 bits per heavy atom. The van der Waals surface area contributed by atoms with E-state index in [0.717, 1.165) is 5.69 Å². The number of rotatable bonds is 5. The fraction of sp³-hybridized carbons (Fsp3) is 0.333. The van der Waals surface area contributed by atoms with Gasteiger partial charge in [0.05, 0.1) is 16.9 Å². The molecule has 2 heterocycles. The first-order valence-electron chi connectivity index (χ1n) is 5.76. The lowest BCUT2D eigenvalue weighted by Crippen LogP contribution is -2.15. The first-order valence-corrected chi connectivity index (χ1v) is 6.13. The number of nitrogens with zero attached hydrogens (tertiary/aromatic N) is 2. The minimum Gasteiger partial charge on any atom is -0.417 e. The van der Waals surface area contributed by atoms with Crippen LogP contribution in [0.3, 0.4) is 0 Å². The molecule has 0 radical (unpaired) electrons. The molecule has 1 aliphatic carbocycles. The highest BCUT2D eigenvalue weighted by Crippen LogP contribution is 2.23. The number of nitrogens with one attached hydrogen (secondary N) is 1. The number of aromatic nitrogens is 2. The fourth-order valence-electron chi connectivity index (χ4n) is 1.50. The molecule has 18 heavy (non-hydrogen) atoms. The van der Waals surface area contributed by atoms with Crippen molar-refractivity contribution in [3.63, 3.8) is 0 Å². The van der Waals surface area contributed by atoms with Gasteiger partial charge in [0.15, 0.2) is 5.75 Å². The molecule has 3 rings (SSSR count). The number of hydrogen-bond acceptors (Lipinski definition) is 5. The third kappa shape index (κ3) is 3.00. The Bertz CT molecular complexity index is 540. The van der Waals surface area contributed by atoms with Gasteiger partial charge in [0, 0.05) is 24.8 Å². The van der Waals surface area contributed by atoms with Gasteiger partial charge in [-0.1, -0.05) is 11.6 Å². The lowest BCUT2D eigenvalue weighted by molar-refractivity contribution is 0.330. The van der Waals surface area contributed by atoms with Crippen molar-refractivity contribution in [2.75, 3.05) is 0 Å². The minimum atomic E-state index is 0.201. The Labute approximate surface area is 109 Å². The molecule has 0 aromatic carbocycles. The molecule has 0 aliphatic heterocycles. The van der Waals surface area contributed by atoms with Crippen molar-refractivity contribution in [1.29, 1.82) is 0 Å². The maximum absolute atomic E-state index is 5.80. The molecule has 0 bridgehead atoms. The summed E-state index contributed by atoms with van der Waals surface area (Å²) in [6.45, 7) is 0.700. The third-order valence-corrected chi connectivity index (χ3v) is 2.77. The number of oxazole rings is 1. The van der Waals surface area contributed by atoms with E-state index in [1.807, 2.05) is 0 Å². The number of ether oxygens (including phenoxy) is 1. The third-order valence-electron chi connectivity index (χ3n) is 2.56. The van der Waals surface area contributed by atoms with Crippen molar-refractivity contribution in [1.82, 2.24) is 15.3 Å². The molecule has 94 valence electrons. The van der Waals surface area contributed by atoms with Crippen LogP contribution in [0.4, 0.5) is 0 Å². The van der Waals surface area contributed by atoms with Gasteiger partial charge in [-0.25, -0.2) is 0 Å². The molecular formula is C12H12ClN3O2. The summed E-state index contributed by atoms with van der Waals surface area (Å²) in [6, 6.07) is 2.30. The van der Waals surface area contributed by atoms with Crippen molar-refractivity contribution >= 4 is 11.6 Å².